The van der Waals surface area contributed by atoms with Crippen molar-refractivity contribution in [1.29, 1.82) is 0 Å². The smallest absolute Gasteiger partial charge is 0.0915 e. The molecule has 1 aliphatic carbocycles. The molecule has 2 rings (SSSR count). The summed E-state index contributed by atoms with van der Waals surface area (Å²) in [4.78, 5) is 0. The molecular weight excluding hydrogens is 230 g/mol. The van der Waals surface area contributed by atoms with E-state index in [9.17, 15) is 0 Å². The van der Waals surface area contributed by atoms with E-state index in [1.54, 1.807) is 0 Å². The summed E-state index contributed by atoms with van der Waals surface area (Å²) in [7, 11) is 0. The van der Waals surface area contributed by atoms with Crippen molar-refractivity contribution < 1.29 is 0 Å². The van der Waals surface area contributed by atoms with Crippen molar-refractivity contribution in [2.75, 3.05) is 6.54 Å². The predicted octanol–water partition coefficient (Wildman–Crippen LogP) is 3.55. The molecule has 17 heavy (non-hydrogen) atoms. The summed E-state index contributed by atoms with van der Waals surface area (Å²) in [6.45, 7) is 3.30. The molecule has 1 aliphatic rings. The average Bonchev–Trinajstić information content (AvgIpc) is 2.73. The number of hydrogen-bond donors (Lipinski definition) is 1. The van der Waals surface area contributed by atoms with Gasteiger partial charge in [0.05, 0.1) is 29.7 Å². The highest BCUT2D eigenvalue weighted by atomic mass is 32.1. The minimum Gasteiger partial charge on any atom is -0.308 e. The molecule has 0 aromatic carbocycles. The Morgan fingerprint density at radius 2 is 2.12 bits per heavy atom. The minimum absolute atomic E-state index is 0.437. The van der Waals surface area contributed by atoms with Crippen molar-refractivity contribution in [3.05, 3.63) is 11.9 Å². The molecule has 1 heterocycles. The van der Waals surface area contributed by atoms with E-state index in [0.29, 0.717) is 6.04 Å². The molecule has 1 saturated carbocycles. The van der Waals surface area contributed by atoms with Crippen LogP contribution in [0.2, 0.25) is 0 Å². The van der Waals surface area contributed by atoms with Crippen molar-refractivity contribution >= 4 is 11.7 Å². The summed E-state index contributed by atoms with van der Waals surface area (Å²) in [5, 5.41) is 3.67. The van der Waals surface area contributed by atoms with Crippen LogP contribution < -0.4 is 5.32 Å². The van der Waals surface area contributed by atoms with Crippen LogP contribution >= 0.6 is 11.7 Å². The van der Waals surface area contributed by atoms with E-state index in [4.69, 9.17) is 0 Å². The number of rotatable bonds is 5. The molecule has 1 N–H and O–H groups in total. The maximum Gasteiger partial charge on any atom is 0.0915 e. The van der Waals surface area contributed by atoms with Gasteiger partial charge in [-0.15, -0.1) is 0 Å². The highest BCUT2D eigenvalue weighted by Crippen LogP contribution is 2.32. The van der Waals surface area contributed by atoms with Crippen LogP contribution in [0.5, 0.6) is 0 Å². The molecule has 0 spiro atoms. The second-order valence-electron chi connectivity index (χ2n) is 5.02. The third-order valence-electron chi connectivity index (χ3n) is 3.68. The fourth-order valence-corrected chi connectivity index (χ4v) is 3.22. The molecular formula is C13H23N3S. The van der Waals surface area contributed by atoms with Gasteiger partial charge >= 0.3 is 0 Å². The molecule has 1 atom stereocenters. The summed E-state index contributed by atoms with van der Waals surface area (Å²) in [6.07, 6.45) is 11.4. The monoisotopic (exact) mass is 253 g/mol. The number of nitrogens with zero attached hydrogens (tertiary/aromatic N) is 2. The zero-order valence-electron chi connectivity index (χ0n) is 10.7. The van der Waals surface area contributed by atoms with Crippen LogP contribution in [0.4, 0.5) is 0 Å². The van der Waals surface area contributed by atoms with Crippen LogP contribution in [0.15, 0.2) is 6.20 Å². The lowest BCUT2D eigenvalue weighted by Crippen LogP contribution is -2.29. The zero-order chi connectivity index (χ0) is 11.9. The maximum atomic E-state index is 4.44. The lowest BCUT2D eigenvalue weighted by Gasteiger charge is -2.25. The van der Waals surface area contributed by atoms with E-state index in [2.05, 4.69) is 21.0 Å². The zero-order valence-corrected chi connectivity index (χ0v) is 11.5. The van der Waals surface area contributed by atoms with Gasteiger partial charge in [-0.2, -0.15) is 8.75 Å². The van der Waals surface area contributed by atoms with E-state index in [-0.39, 0.29) is 0 Å². The van der Waals surface area contributed by atoms with Gasteiger partial charge in [-0.25, -0.2) is 0 Å². The first kappa shape index (κ1) is 13.0. The van der Waals surface area contributed by atoms with Gasteiger partial charge in [0.1, 0.15) is 0 Å². The largest absolute Gasteiger partial charge is 0.308 e. The van der Waals surface area contributed by atoms with Crippen LogP contribution in [-0.4, -0.2) is 15.3 Å². The summed E-state index contributed by atoms with van der Waals surface area (Å²) in [5.74, 6) is 0.757. The Labute approximate surface area is 108 Å². The molecule has 3 nitrogen and oxygen atoms in total. The highest BCUT2D eigenvalue weighted by Gasteiger charge is 2.25. The van der Waals surface area contributed by atoms with Gasteiger partial charge in [-0.1, -0.05) is 32.6 Å². The lowest BCUT2D eigenvalue weighted by atomic mass is 9.90. The first-order chi connectivity index (χ1) is 8.42. The highest BCUT2D eigenvalue weighted by molar-refractivity contribution is 6.99. The van der Waals surface area contributed by atoms with E-state index in [0.717, 1.165) is 18.2 Å². The molecule has 4 heteroatoms. The van der Waals surface area contributed by atoms with Gasteiger partial charge in [-0.05, 0) is 31.7 Å². The molecule has 0 saturated heterocycles. The predicted molar refractivity (Wildman–Crippen MR) is 72.1 cm³/mol. The molecule has 0 aliphatic heterocycles. The fraction of sp³-hybridized carbons (Fsp3) is 0.846. The summed E-state index contributed by atoms with van der Waals surface area (Å²) in [5.41, 5.74) is 1.16. The Balaban J connectivity index is 2.02. The van der Waals surface area contributed by atoms with Crippen LogP contribution in [0.1, 0.15) is 63.6 Å². The van der Waals surface area contributed by atoms with E-state index in [1.165, 1.54) is 56.7 Å². The SMILES string of the molecule is CCCNC(c1cnsn1)C1CCCCCC1. The molecule has 1 aromatic heterocycles. The second kappa shape index (κ2) is 7.07. The lowest BCUT2D eigenvalue weighted by molar-refractivity contribution is 0.321. The summed E-state index contributed by atoms with van der Waals surface area (Å²) >= 11 is 1.33. The third kappa shape index (κ3) is 3.75. The Morgan fingerprint density at radius 3 is 2.71 bits per heavy atom. The Bertz CT molecular complexity index is 292. The summed E-state index contributed by atoms with van der Waals surface area (Å²) < 4.78 is 8.60. The van der Waals surface area contributed by atoms with Gasteiger partial charge in [0.2, 0.25) is 0 Å². The van der Waals surface area contributed by atoms with Gasteiger partial charge in [0.25, 0.3) is 0 Å². The normalized spacial score (nSPS) is 20.1. The molecule has 0 amide bonds. The van der Waals surface area contributed by atoms with Crippen LogP contribution in [0.25, 0.3) is 0 Å². The first-order valence-electron chi connectivity index (χ1n) is 6.92. The van der Waals surface area contributed by atoms with Gasteiger partial charge < -0.3 is 5.32 Å². The minimum atomic E-state index is 0.437. The van der Waals surface area contributed by atoms with Crippen LogP contribution in [-0.2, 0) is 0 Å². The summed E-state index contributed by atoms with van der Waals surface area (Å²) in [6, 6.07) is 0.437. The maximum absolute atomic E-state index is 4.44. The molecule has 1 unspecified atom stereocenters. The third-order valence-corrected chi connectivity index (χ3v) is 4.17. The standard InChI is InChI=1S/C13H23N3S/c1-2-9-14-13(12-10-15-17-16-12)11-7-5-3-4-6-8-11/h10-11,13-14H,2-9H2,1H3. The first-order valence-corrected chi connectivity index (χ1v) is 7.65. The molecule has 0 bridgehead atoms. The second-order valence-corrected chi connectivity index (χ2v) is 5.57. The quantitative estimate of drug-likeness (QED) is 0.815. The van der Waals surface area contributed by atoms with E-state index < -0.39 is 0 Å². The van der Waals surface area contributed by atoms with Crippen molar-refractivity contribution in [1.82, 2.24) is 14.1 Å². The van der Waals surface area contributed by atoms with Crippen molar-refractivity contribution in [2.24, 2.45) is 5.92 Å². The van der Waals surface area contributed by atoms with E-state index in [1.807, 2.05) is 6.20 Å². The van der Waals surface area contributed by atoms with Crippen LogP contribution in [0.3, 0.4) is 0 Å². The topological polar surface area (TPSA) is 37.8 Å². The fourth-order valence-electron chi connectivity index (χ4n) is 2.77. The van der Waals surface area contributed by atoms with Crippen molar-refractivity contribution in [3.63, 3.8) is 0 Å². The van der Waals surface area contributed by atoms with Gasteiger partial charge in [0, 0.05) is 0 Å². The molecule has 96 valence electrons. The number of aromatic nitrogens is 2. The molecule has 1 fully saturated rings. The Kier molecular flexibility index (Phi) is 5.39. The Hall–Kier alpha value is -0.480. The van der Waals surface area contributed by atoms with Gasteiger partial charge in [0.15, 0.2) is 0 Å². The molecule has 0 radical (unpaired) electrons. The number of nitrogens with one attached hydrogen (secondary N) is 1. The molecule has 1 aromatic rings. The van der Waals surface area contributed by atoms with Gasteiger partial charge in [-0.3, -0.25) is 0 Å². The van der Waals surface area contributed by atoms with Crippen LogP contribution in [0, 0.1) is 5.92 Å². The average molecular weight is 253 g/mol. The number of hydrogen-bond acceptors (Lipinski definition) is 4. The Morgan fingerprint density at radius 1 is 1.35 bits per heavy atom. The van der Waals surface area contributed by atoms with Crippen molar-refractivity contribution in [3.8, 4) is 0 Å². The van der Waals surface area contributed by atoms with Crippen molar-refractivity contribution in [2.45, 2.75) is 57.9 Å². The van der Waals surface area contributed by atoms with E-state index >= 15 is 0 Å².